The first-order valence-corrected chi connectivity index (χ1v) is 6.06. The monoisotopic (exact) mass is 202 g/mol. The predicted octanol–water partition coefficient (Wildman–Crippen LogP) is 2.13. The molecule has 76 valence electrons. The van der Waals surface area contributed by atoms with Crippen LogP contribution in [0.25, 0.3) is 0 Å². The molecule has 0 spiro atoms. The molecule has 0 aromatic carbocycles. The van der Waals surface area contributed by atoms with E-state index < -0.39 is 0 Å². The molecule has 3 heteroatoms. The van der Waals surface area contributed by atoms with Crippen LogP contribution in [0, 0.1) is 5.92 Å². The minimum absolute atomic E-state index is 0.374. The molecule has 1 rings (SSSR count). The topological polar surface area (TPSA) is 26.3 Å². The van der Waals surface area contributed by atoms with Crippen molar-refractivity contribution >= 4 is 17.5 Å². The van der Waals surface area contributed by atoms with Gasteiger partial charge in [0.05, 0.1) is 6.61 Å². The number of hydrogen-bond donors (Lipinski definition) is 0. The van der Waals surface area contributed by atoms with Gasteiger partial charge in [0.2, 0.25) is 0 Å². The molecule has 13 heavy (non-hydrogen) atoms. The predicted molar refractivity (Wildman–Crippen MR) is 56.2 cm³/mol. The Morgan fingerprint density at radius 1 is 1.46 bits per heavy atom. The van der Waals surface area contributed by atoms with E-state index in [2.05, 4.69) is 0 Å². The average molecular weight is 202 g/mol. The highest BCUT2D eigenvalue weighted by Crippen LogP contribution is 2.25. The lowest BCUT2D eigenvalue weighted by molar-refractivity contribution is -0.120. The molecule has 1 heterocycles. The highest BCUT2D eigenvalue weighted by atomic mass is 32.2. The summed E-state index contributed by atoms with van der Waals surface area (Å²) in [6.07, 6.45) is 3.83. The zero-order valence-electron chi connectivity index (χ0n) is 8.25. The van der Waals surface area contributed by atoms with E-state index in [4.69, 9.17) is 4.74 Å². The lowest BCUT2D eigenvalue weighted by atomic mass is 9.95. The third-order valence-electron chi connectivity index (χ3n) is 2.44. The Bertz CT molecular complexity index is 153. The lowest BCUT2D eigenvalue weighted by Gasteiger charge is -2.20. The van der Waals surface area contributed by atoms with Crippen molar-refractivity contribution in [3.8, 4) is 0 Å². The summed E-state index contributed by atoms with van der Waals surface area (Å²) in [7, 11) is 1.64. The van der Waals surface area contributed by atoms with Gasteiger partial charge >= 0.3 is 0 Å². The van der Waals surface area contributed by atoms with Crippen LogP contribution in [0.5, 0.6) is 0 Å². The third kappa shape index (κ3) is 4.67. The smallest absolute Gasteiger partial charge is 0.135 e. The quantitative estimate of drug-likeness (QED) is 0.683. The third-order valence-corrected chi connectivity index (χ3v) is 3.49. The maximum absolute atomic E-state index is 11.4. The van der Waals surface area contributed by atoms with E-state index in [1.54, 1.807) is 7.11 Å². The Hall–Kier alpha value is -0.0200. The van der Waals surface area contributed by atoms with Crippen molar-refractivity contribution in [3.05, 3.63) is 0 Å². The van der Waals surface area contributed by atoms with Crippen LogP contribution >= 0.6 is 11.8 Å². The van der Waals surface area contributed by atoms with E-state index >= 15 is 0 Å². The summed E-state index contributed by atoms with van der Waals surface area (Å²) in [6.45, 7) is 0.584. The molecule has 2 nitrogen and oxygen atoms in total. The summed E-state index contributed by atoms with van der Waals surface area (Å²) >= 11 is 2.01. The first-order valence-electron chi connectivity index (χ1n) is 4.91. The van der Waals surface area contributed by atoms with Crippen LogP contribution in [0.3, 0.4) is 0 Å². The molecular weight excluding hydrogens is 184 g/mol. The fourth-order valence-corrected chi connectivity index (χ4v) is 2.79. The summed E-state index contributed by atoms with van der Waals surface area (Å²) < 4.78 is 4.88. The number of methoxy groups -OCH3 is 1. The van der Waals surface area contributed by atoms with E-state index in [-0.39, 0.29) is 0 Å². The molecule has 1 saturated heterocycles. The molecule has 0 aromatic heterocycles. The second kappa shape index (κ2) is 6.44. The zero-order valence-corrected chi connectivity index (χ0v) is 9.07. The Morgan fingerprint density at radius 2 is 2.15 bits per heavy atom. The van der Waals surface area contributed by atoms with Gasteiger partial charge < -0.3 is 4.74 Å². The number of rotatable bonds is 5. The number of hydrogen-bond acceptors (Lipinski definition) is 3. The van der Waals surface area contributed by atoms with Gasteiger partial charge in [0.15, 0.2) is 0 Å². The van der Waals surface area contributed by atoms with Crippen LogP contribution in [0.4, 0.5) is 0 Å². The summed E-state index contributed by atoms with van der Waals surface area (Å²) in [4.78, 5) is 11.4. The van der Waals surface area contributed by atoms with Gasteiger partial charge in [-0.3, -0.25) is 4.79 Å². The highest BCUT2D eigenvalue weighted by Gasteiger charge is 2.16. The van der Waals surface area contributed by atoms with Crippen molar-refractivity contribution in [3.63, 3.8) is 0 Å². The maximum atomic E-state index is 11.4. The first kappa shape index (κ1) is 11.1. The molecule has 0 atom stereocenters. The molecule has 0 saturated carbocycles. The van der Waals surface area contributed by atoms with E-state index in [9.17, 15) is 4.79 Å². The van der Waals surface area contributed by atoms with E-state index in [0.29, 0.717) is 24.7 Å². The number of ketones is 1. The first-order chi connectivity index (χ1) is 6.33. The number of carbonyl (C=O) groups excluding carboxylic acids is 1. The van der Waals surface area contributed by atoms with E-state index in [1.165, 1.54) is 24.3 Å². The van der Waals surface area contributed by atoms with Crippen LogP contribution in [0.2, 0.25) is 0 Å². The van der Waals surface area contributed by atoms with Gasteiger partial charge in [0, 0.05) is 20.0 Å². The summed E-state index contributed by atoms with van der Waals surface area (Å²) in [5.74, 6) is 3.51. The molecule has 0 bridgehead atoms. The summed E-state index contributed by atoms with van der Waals surface area (Å²) in [5.41, 5.74) is 0. The number of ether oxygens (including phenoxy) is 1. The van der Waals surface area contributed by atoms with E-state index in [0.717, 1.165) is 6.42 Å². The van der Waals surface area contributed by atoms with Crippen LogP contribution < -0.4 is 0 Å². The highest BCUT2D eigenvalue weighted by molar-refractivity contribution is 7.99. The van der Waals surface area contributed by atoms with Gasteiger partial charge in [-0.05, 0) is 30.3 Å². The van der Waals surface area contributed by atoms with Gasteiger partial charge in [-0.25, -0.2) is 0 Å². The van der Waals surface area contributed by atoms with Crippen molar-refractivity contribution < 1.29 is 9.53 Å². The molecule has 0 aliphatic carbocycles. The molecule has 1 aliphatic heterocycles. The van der Waals surface area contributed by atoms with Crippen molar-refractivity contribution in [1.29, 1.82) is 0 Å². The summed E-state index contributed by atoms with van der Waals surface area (Å²) in [5, 5.41) is 0. The van der Waals surface area contributed by atoms with Crippen LogP contribution in [-0.4, -0.2) is 31.0 Å². The van der Waals surface area contributed by atoms with Gasteiger partial charge in [-0.15, -0.1) is 0 Å². The normalized spacial score (nSPS) is 18.8. The molecule has 0 unspecified atom stereocenters. The molecular formula is C10H18O2S. The van der Waals surface area contributed by atoms with Crippen LogP contribution in [0.1, 0.15) is 25.7 Å². The lowest BCUT2D eigenvalue weighted by Crippen LogP contribution is -2.15. The Balaban J connectivity index is 2.11. The van der Waals surface area contributed by atoms with Crippen molar-refractivity contribution in [2.75, 3.05) is 25.2 Å². The zero-order chi connectivity index (χ0) is 9.52. The van der Waals surface area contributed by atoms with Crippen molar-refractivity contribution in [2.45, 2.75) is 25.7 Å². The van der Waals surface area contributed by atoms with Gasteiger partial charge in [-0.2, -0.15) is 11.8 Å². The summed E-state index contributed by atoms with van der Waals surface area (Å²) in [6, 6.07) is 0. The number of thioether (sulfide) groups is 1. The maximum Gasteiger partial charge on any atom is 0.135 e. The molecule has 0 radical (unpaired) electrons. The second-order valence-corrected chi connectivity index (χ2v) is 4.77. The Kier molecular flexibility index (Phi) is 5.47. The minimum Gasteiger partial charge on any atom is -0.384 e. The Morgan fingerprint density at radius 3 is 2.77 bits per heavy atom. The number of Topliss-reactive ketones (excluding diaryl/α,β-unsaturated/α-hetero) is 1. The van der Waals surface area contributed by atoms with Crippen molar-refractivity contribution in [2.24, 2.45) is 5.92 Å². The SMILES string of the molecule is COCCC(=O)CC1CCSCC1. The molecule has 0 N–H and O–H groups in total. The van der Waals surface area contributed by atoms with E-state index in [1.807, 2.05) is 11.8 Å². The fourth-order valence-electron chi connectivity index (χ4n) is 1.59. The Labute approximate surface area is 84.4 Å². The average Bonchev–Trinajstić information content (AvgIpc) is 2.16. The van der Waals surface area contributed by atoms with Crippen LogP contribution in [0.15, 0.2) is 0 Å². The molecule has 1 aliphatic rings. The van der Waals surface area contributed by atoms with Crippen molar-refractivity contribution in [1.82, 2.24) is 0 Å². The van der Waals surface area contributed by atoms with Gasteiger partial charge in [0.1, 0.15) is 5.78 Å². The van der Waals surface area contributed by atoms with Gasteiger partial charge in [-0.1, -0.05) is 0 Å². The van der Waals surface area contributed by atoms with Crippen LogP contribution in [-0.2, 0) is 9.53 Å². The fraction of sp³-hybridized carbons (Fsp3) is 0.900. The largest absolute Gasteiger partial charge is 0.384 e. The number of carbonyl (C=O) groups is 1. The second-order valence-electron chi connectivity index (χ2n) is 3.54. The standard InChI is InChI=1S/C10H18O2S/c1-12-5-2-10(11)8-9-3-6-13-7-4-9/h9H,2-8H2,1H3. The minimum atomic E-state index is 0.374. The molecule has 1 fully saturated rings. The van der Waals surface area contributed by atoms with Gasteiger partial charge in [0.25, 0.3) is 0 Å². The molecule has 0 aromatic rings. The molecule has 0 amide bonds.